The van der Waals surface area contributed by atoms with Gasteiger partial charge in [0, 0.05) is 36.6 Å². The lowest BCUT2D eigenvalue weighted by molar-refractivity contribution is -0.192. The summed E-state index contributed by atoms with van der Waals surface area (Å²) in [6.45, 7) is 1.42. The van der Waals surface area contributed by atoms with Crippen molar-refractivity contribution in [2.24, 2.45) is 5.73 Å². The van der Waals surface area contributed by atoms with Crippen LogP contribution in [0, 0.1) is 11.8 Å². The van der Waals surface area contributed by atoms with Gasteiger partial charge >= 0.3 is 12.1 Å². The average Bonchev–Trinajstić information content (AvgIpc) is 3.46. The summed E-state index contributed by atoms with van der Waals surface area (Å²) in [6.07, 6.45) is -3.00. The molecule has 13 heteroatoms. The lowest BCUT2D eigenvalue weighted by Gasteiger charge is -2.28. The maximum absolute atomic E-state index is 10.6. The molecule has 7 nitrogen and oxygen atoms in total. The number of thiophene rings is 2. The smallest absolute Gasteiger partial charge is 0.475 e. The molecule has 1 aliphatic rings. The zero-order valence-electron chi connectivity index (χ0n) is 18.8. The lowest BCUT2D eigenvalue weighted by Crippen LogP contribution is -2.34. The highest BCUT2D eigenvalue weighted by Crippen LogP contribution is 2.42. The molecule has 0 amide bonds. The van der Waals surface area contributed by atoms with Crippen LogP contribution in [-0.2, 0) is 16.1 Å². The van der Waals surface area contributed by atoms with Gasteiger partial charge in [-0.25, -0.2) is 9.78 Å². The van der Waals surface area contributed by atoms with E-state index in [1.54, 1.807) is 22.7 Å². The zero-order valence-corrected chi connectivity index (χ0v) is 21.2. The number of anilines is 1. The van der Waals surface area contributed by atoms with Crippen LogP contribution in [0.3, 0.4) is 0 Å². The van der Waals surface area contributed by atoms with Gasteiger partial charge in [0.25, 0.3) is 0 Å². The number of pyridine rings is 1. The minimum Gasteiger partial charge on any atom is -0.475 e. The van der Waals surface area contributed by atoms with E-state index < -0.39 is 12.1 Å². The van der Waals surface area contributed by atoms with E-state index in [1.165, 1.54) is 4.88 Å². The van der Waals surface area contributed by atoms with Crippen molar-refractivity contribution in [3.05, 3.63) is 44.1 Å². The van der Waals surface area contributed by atoms with E-state index in [-0.39, 0.29) is 18.8 Å². The Morgan fingerprint density at radius 3 is 2.78 bits per heavy atom. The molecule has 0 aliphatic carbocycles. The minimum absolute atomic E-state index is 0.0195. The number of halogens is 4. The van der Waals surface area contributed by atoms with Crippen LogP contribution in [0.15, 0.2) is 23.6 Å². The Morgan fingerprint density at radius 1 is 1.42 bits per heavy atom. The molecule has 5 N–H and O–H groups in total. The molecule has 1 saturated heterocycles. The molecule has 2 atom stereocenters. The second-order valence-corrected chi connectivity index (χ2v) is 10.1. The van der Waals surface area contributed by atoms with Crippen LogP contribution in [0.2, 0.25) is 5.15 Å². The topological polar surface area (TPSA) is 118 Å². The monoisotopic (exact) mass is 561 g/mol. The number of aliphatic carboxylic acids is 1. The first-order valence-corrected chi connectivity index (χ1v) is 12.9. The summed E-state index contributed by atoms with van der Waals surface area (Å²) in [4.78, 5) is 15.7. The van der Waals surface area contributed by atoms with Crippen LogP contribution in [0.5, 0.6) is 0 Å². The van der Waals surface area contributed by atoms with Gasteiger partial charge < -0.3 is 26.0 Å². The number of carbonyl (C=O) groups is 1. The Balaban J connectivity index is 0.000000454. The van der Waals surface area contributed by atoms with Crippen molar-refractivity contribution in [3.63, 3.8) is 0 Å². The Morgan fingerprint density at radius 2 is 2.17 bits per heavy atom. The van der Waals surface area contributed by atoms with Gasteiger partial charge in [0.1, 0.15) is 16.8 Å². The molecule has 4 rings (SSSR count). The Kier molecular flexibility index (Phi) is 9.95. The predicted molar refractivity (Wildman–Crippen MR) is 134 cm³/mol. The number of hydrogen-bond donors (Lipinski definition) is 4. The minimum atomic E-state index is -5.08. The molecule has 0 spiro atoms. The van der Waals surface area contributed by atoms with Crippen molar-refractivity contribution in [1.29, 1.82) is 0 Å². The SMILES string of the molecule is N[C@@H]1CCCO[C@H]1c1sc2c(NCc3cccs3)cc(Cl)nc2c1C#CCCO.O=C(O)C(F)(F)F. The van der Waals surface area contributed by atoms with Gasteiger partial charge in [-0.05, 0) is 24.3 Å². The van der Waals surface area contributed by atoms with Crippen LogP contribution in [-0.4, -0.2) is 46.6 Å². The van der Waals surface area contributed by atoms with Crippen molar-refractivity contribution in [1.82, 2.24) is 4.98 Å². The van der Waals surface area contributed by atoms with Gasteiger partial charge in [0.05, 0.1) is 27.4 Å². The number of carboxylic acids is 1. The van der Waals surface area contributed by atoms with Crippen molar-refractivity contribution in [2.75, 3.05) is 18.5 Å². The van der Waals surface area contributed by atoms with Gasteiger partial charge in [-0.2, -0.15) is 13.2 Å². The van der Waals surface area contributed by atoms with Crippen molar-refractivity contribution in [3.8, 4) is 11.8 Å². The molecule has 4 heterocycles. The fourth-order valence-electron chi connectivity index (χ4n) is 3.38. The van der Waals surface area contributed by atoms with Crippen molar-refractivity contribution >= 4 is 56.1 Å². The Hall–Kier alpha value is -2.40. The van der Waals surface area contributed by atoms with Crippen molar-refractivity contribution < 1.29 is 32.9 Å². The number of aromatic nitrogens is 1. The number of aliphatic hydroxyl groups excluding tert-OH is 1. The summed E-state index contributed by atoms with van der Waals surface area (Å²) in [7, 11) is 0. The van der Waals surface area contributed by atoms with Crippen LogP contribution < -0.4 is 11.1 Å². The summed E-state index contributed by atoms with van der Waals surface area (Å²) >= 11 is 9.67. The van der Waals surface area contributed by atoms with Crippen LogP contribution in [0.1, 0.15) is 40.7 Å². The first-order valence-electron chi connectivity index (χ1n) is 10.8. The third-order valence-electron chi connectivity index (χ3n) is 4.99. The fraction of sp³-hybridized carbons (Fsp3) is 0.391. The second-order valence-electron chi connectivity index (χ2n) is 7.62. The number of carboxylic acid groups (broad SMARTS) is 1. The molecule has 194 valence electrons. The molecular formula is C23H23ClF3N3O4S2. The predicted octanol–water partition coefficient (Wildman–Crippen LogP) is 5.17. The molecule has 0 bridgehead atoms. The molecule has 1 aliphatic heterocycles. The maximum Gasteiger partial charge on any atom is 0.490 e. The summed E-state index contributed by atoms with van der Waals surface area (Å²) in [5.41, 5.74) is 8.88. The molecule has 0 saturated carbocycles. The number of alkyl halides is 3. The van der Waals surface area contributed by atoms with Gasteiger partial charge in [0.2, 0.25) is 0 Å². The fourth-order valence-corrected chi connectivity index (χ4v) is 5.53. The lowest BCUT2D eigenvalue weighted by atomic mass is 9.99. The van der Waals surface area contributed by atoms with Gasteiger partial charge in [0.15, 0.2) is 0 Å². The van der Waals surface area contributed by atoms with Crippen molar-refractivity contribution in [2.45, 2.75) is 44.1 Å². The number of hydrogen-bond acceptors (Lipinski definition) is 8. The molecule has 1 fully saturated rings. The molecule has 3 aromatic heterocycles. The van der Waals surface area contributed by atoms with E-state index in [0.29, 0.717) is 24.7 Å². The standard InChI is InChI=1S/C21H22ClN3O2S2.C2HF3O2/c22-17-11-16(24-12-13-5-4-10-28-13)21-18(25-17)14(6-1-2-8-26)20(29-21)19-15(23)7-3-9-27-19;3-2(4,5)1(6)7/h4-5,10-11,15,19,26H,2-3,7-9,12,23H2,(H,24,25);(H,6,7)/t15-,19-;/m1./s1. The van der Waals surface area contributed by atoms with Gasteiger partial charge in [-0.15, -0.1) is 22.7 Å². The number of rotatable bonds is 5. The quantitative estimate of drug-likeness (QED) is 0.251. The van der Waals surface area contributed by atoms with Crippen LogP contribution in [0.4, 0.5) is 18.9 Å². The molecule has 36 heavy (non-hydrogen) atoms. The highest BCUT2D eigenvalue weighted by molar-refractivity contribution is 7.20. The first-order chi connectivity index (χ1) is 17.1. The van der Waals surface area contributed by atoms with Crippen LogP contribution >= 0.6 is 34.3 Å². The third kappa shape index (κ3) is 7.32. The Labute approximate surface area is 218 Å². The largest absolute Gasteiger partial charge is 0.490 e. The normalized spacial score (nSPS) is 17.6. The van der Waals surface area contributed by atoms with Gasteiger partial charge in [-0.1, -0.05) is 29.5 Å². The summed E-state index contributed by atoms with van der Waals surface area (Å²) in [6, 6.07) is 5.91. The molecule has 0 radical (unpaired) electrons. The number of fused-ring (bicyclic) bond motifs is 1. The number of aliphatic hydroxyl groups is 1. The summed E-state index contributed by atoms with van der Waals surface area (Å²) < 4.78 is 38.8. The number of nitrogens with two attached hydrogens (primary N) is 1. The van der Waals surface area contributed by atoms with E-state index in [4.69, 9.17) is 37.1 Å². The zero-order chi connectivity index (χ0) is 26.3. The number of nitrogens with zero attached hydrogens (tertiary/aromatic N) is 1. The van der Waals surface area contributed by atoms with E-state index in [2.05, 4.69) is 33.6 Å². The maximum atomic E-state index is 10.6. The van der Waals surface area contributed by atoms with Gasteiger partial charge in [-0.3, -0.25) is 0 Å². The van der Waals surface area contributed by atoms with E-state index >= 15 is 0 Å². The molecular weight excluding hydrogens is 539 g/mol. The van der Waals surface area contributed by atoms with E-state index in [1.807, 2.05) is 12.1 Å². The number of ether oxygens (including phenoxy) is 1. The van der Waals surface area contributed by atoms with E-state index in [0.717, 1.165) is 39.2 Å². The third-order valence-corrected chi connectivity index (χ3v) is 7.33. The summed E-state index contributed by atoms with van der Waals surface area (Å²) in [5, 5.41) is 22.2. The van der Waals surface area contributed by atoms with Crippen LogP contribution in [0.25, 0.3) is 10.2 Å². The highest BCUT2D eigenvalue weighted by Gasteiger charge is 2.38. The Bertz CT molecular complexity index is 1240. The first kappa shape index (κ1) is 28.2. The second kappa shape index (κ2) is 12.7. The number of nitrogens with one attached hydrogen (secondary N) is 1. The molecule has 3 aromatic rings. The van der Waals surface area contributed by atoms with E-state index in [9.17, 15) is 13.2 Å². The summed E-state index contributed by atoms with van der Waals surface area (Å²) in [5.74, 6) is 3.47. The average molecular weight is 562 g/mol. The molecule has 0 aromatic carbocycles. The molecule has 0 unspecified atom stereocenters. The highest BCUT2D eigenvalue weighted by atomic mass is 35.5.